The Labute approximate surface area is 183 Å². The van der Waals surface area contributed by atoms with Crippen LogP contribution in [0.1, 0.15) is 94.0 Å². The zero-order chi connectivity index (χ0) is 22.4. The van der Waals surface area contributed by atoms with Crippen molar-refractivity contribution >= 4 is 6.08 Å². The Kier molecular flexibility index (Phi) is 8.32. The topological polar surface area (TPSA) is 40.5 Å². The molecule has 164 valence electrons. The fraction of sp³-hybridized carbons (Fsp3) is 0.500. The van der Waals surface area contributed by atoms with Gasteiger partial charge in [-0.25, -0.2) is 0 Å². The molecule has 0 aliphatic carbocycles. The van der Waals surface area contributed by atoms with E-state index in [4.69, 9.17) is 0 Å². The molecule has 0 radical (unpaired) electrons. The molecule has 0 unspecified atom stereocenters. The second kappa shape index (κ2) is 10.3. The fourth-order valence-electron chi connectivity index (χ4n) is 4.75. The Morgan fingerprint density at radius 2 is 1.33 bits per heavy atom. The SMILES string of the molecule is CCCC(O)(/C=C/c1ccc(C(CC)(CC)c2ccc(O)c(C)c2)cc1C)CCC. The quantitative estimate of drug-likeness (QED) is 0.428. The molecule has 0 aliphatic heterocycles. The van der Waals surface area contributed by atoms with Crippen LogP contribution in [0.3, 0.4) is 0 Å². The van der Waals surface area contributed by atoms with Crippen molar-refractivity contribution in [2.75, 3.05) is 0 Å². The first-order valence-electron chi connectivity index (χ1n) is 11.6. The number of aryl methyl sites for hydroxylation is 2. The normalized spacial score (nSPS) is 12.6. The Balaban J connectivity index is 2.44. The van der Waals surface area contributed by atoms with Crippen LogP contribution in [0.25, 0.3) is 6.08 Å². The van der Waals surface area contributed by atoms with Crippen molar-refractivity contribution in [1.82, 2.24) is 0 Å². The van der Waals surface area contributed by atoms with Gasteiger partial charge in [0.05, 0.1) is 5.60 Å². The van der Waals surface area contributed by atoms with Gasteiger partial charge in [0.1, 0.15) is 5.75 Å². The third kappa shape index (κ3) is 5.16. The Morgan fingerprint density at radius 3 is 1.80 bits per heavy atom. The van der Waals surface area contributed by atoms with E-state index in [1.54, 1.807) is 0 Å². The molecule has 0 spiro atoms. The third-order valence-corrected chi connectivity index (χ3v) is 6.72. The summed E-state index contributed by atoms with van der Waals surface area (Å²) in [6.07, 6.45) is 9.62. The lowest BCUT2D eigenvalue weighted by molar-refractivity contribution is 0.0714. The number of phenolic OH excluding ortho intramolecular Hbond substituents is 1. The maximum absolute atomic E-state index is 10.9. The first-order valence-corrected chi connectivity index (χ1v) is 11.6. The van der Waals surface area contributed by atoms with Gasteiger partial charge >= 0.3 is 0 Å². The molecule has 0 aromatic heterocycles. The molecular weight excluding hydrogens is 368 g/mol. The highest BCUT2D eigenvalue weighted by atomic mass is 16.3. The molecule has 0 bridgehead atoms. The highest BCUT2D eigenvalue weighted by molar-refractivity contribution is 5.57. The highest BCUT2D eigenvalue weighted by Crippen LogP contribution is 2.41. The lowest BCUT2D eigenvalue weighted by Gasteiger charge is -2.34. The van der Waals surface area contributed by atoms with Gasteiger partial charge in [-0.2, -0.15) is 0 Å². The number of phenols is 1. The van der Waals surface area contributed by atoms with Crippen LogP contribution in [-0.2, 0) is 5.41 Å². The van der Waals surface area contributed by atoms with Gasteiger partial charge < -0.3 is 10.2 Å². The number of rotatable bonds is 10. The van der Waals surface area contributed by atoms with Gasteiger partial charge in [0, 0.05) is 5.41 Å². The molecule has 0 saturated carbocycles. The molecule has 2 rings (SSSR count). The minimum absolute atomic E-state index is 0.0728. The van der Waals surface area contributed by atoms with Crippen molar-refractivity contribution in [1.29, 1.82) is 0 Å². The van der Waals surface area contributed by atoms with Crippen molar-refractivity contribution in [3.05, 3.63) is 70.3 Å². The van der Waals surface area contributed by atoms with E-state index in [0.717, 1.165) is 49.7 Å². The summed E-state index contributed by atoms with van der Waals surface area (Å²) in [6, 6.07) is 12.7. The molecule has 0 heterocycles. The van der Waals surface area contributed by atoms with Gasteiger partial charge in [-0.05, 0) is 73.4 Å². The summed E-state index contributed by atoms with van der Waals surface area (Å²) in [5.41, 5.74) is 5.08. The van der Waals surface area contributed by atoms with E-state index < -0.39 is 5.60 Å². The van der Waals surface area contributed by atoms with Gasteiger partial charge in [-0.1, -0.05) is 83.0 Å². The number of benzene rings is 2. The molecule has 2 N–H and O–H groups in total. The molecule has 0 atom stereocenters. The van der Waals surface area contributed by atoms with Gasteiger partial charge in [0.25, 0.3) is 0 Å². The lowest BCUT2D eigenvalue weighted by atomic mass is 9.70. The van der Waals surface area contributed by atoms with Gasteiger partial charge in [0.2, 0.25) is 0 Å². The summed E-state index contributed by atoms with van der Waals surface area (Å²) in [6.45, 7) is 12.8. The number of aromatic hydroxyl groups is 1. The maximum atomic E-state index is 10.9. The van der Waals surface area contributed by atoms with Crippen LogP contribution >= 0.6 is 0 Å². The summed E-state index contributed by atoms with van der Waals surface area (Å²) in [7, 11) is 0. The molecule has 0 saturated heterocycles. The molecule has 2 nitrogen and oxygen atoms in total. The van der Waals surface area contributed by atoms with Crippen molar-refractivity contribution in [2.45, 2.75) is 91.1 Å². The average molecular weight is 409 g/mol. The number of aliphatic hydroxyl groups is 1. The summed E-state index contributed by atoms with van der Waals surface area (Å²) in [4.78, 5) is 0. The lowest BCUT2D eigenvalue weighted by Crippen LogP contribution is -2.26. The molecule has 2 heteroatoms. The fourth-order valence-corrected chi connectivity index (χ4v) is 4.75. The monoisotopic (exact) mass is 408 g/mol. The van der Waals surface area contributed by atoms with E-state index in [1.165, 1.54) is 16.7 Å². The van der Waals surface area contributed by atoms with Gasteiger partial charge in [0.15, 0.2) is 0 Å². The van der Waals surface area contributed by atoms with Gasteiger partial charge in [-0.3, -0.25) is 0 Å². The van der Waals surface area contributed by atoms with Crippen LogP contribution in [0.2, 0.25) is 0 Å². The van der Waals surface area contributed by atoms with Crippen LogP contribution in [0.15, 0.2) is 42.5 Å². The second-order valence-corrected chi connectivity index (χ2v) is 8.80. The third-order valence-electron chi connectivity index (χ3n) is 6.72. The smallest absolute Gasteiger partial charge is 0.118 e. The van der Waals surface area contributed by atoms with Crippen LogP contribution in [0.4, 0.5) is 0 Å². The summed E-state index contributed by atoms with van der Waals surface area (Å²) >= 11 is 0. The van der Waals surface area contributed by atoms with Crippen LogP contribution in [0.5, 0.6) is 5.75 Å². The largest absolute Gasteiger partial charge is 0.508 e. The minimum Gasteiger partial charge on any atom is -0.508 e. The van der Waals surface area contributed by atoms with Crippen molar-refractivity contribution < 1.29 is 10.2 Å². The zero-order valence-corrected chi connectivity index (χ0v) is 19.8. The maximum Gasteiger partial charge on any atom is 0.118 e. The molecule has 0 aliphatic rings. The predicted octanol–water partition coefficient (Wildman–Crippen LogP) is 7.46. The highest BCUT2D eigenvalue weighted by Gasteiger charge is 2.31. The van der Waals surface area contributed by atoms with Crippen LogP contribution in [-0.4, -0.2) is 15.8 Å². The first-order chi connectivity index (χ1) is 14.2. The molecule has 30 heavy (non-hydrogen) atoms. The van der Waals surface area contributed by atoms with E-state index in [-0.39, 0.29) is 5.41 Å². The predicted molar refractivity (Wildman–Crippen MR) is 129 cm³/mol. The molecule has 2 aromatic rings. The van der Waals surface area contributed by atoms with Crippen LogP contribution < -0.4 is 0 Å². The molecule has 0 fully saturated rings. The van der Waals surface area contributed by atoms with Crippen LogP contribution in [0, 0.1) is 13.8 Å². The Morgan fingerprint density at radius 1 is 0.800 bits per heavy atom. The van der Waals surface area contributed by atoms with Crippen molar-refractivity contribution in [2.24, 2.45) is 0 Å². The van der Waals surface area contributed by atoms with Crippen molar-refractivity contribution in [3.63, 3.8) is 0 Å². The Bertz CT molecular complexity index is 853. The van der Waals surface area contributed by atoms with Gasteiger partial charge in [-0.15, -0.1) is 0 Å². The standard InChI is InChI=1S/C28H40O2/c1-7-16-27(30,17-8-2)18-15-23-11-12-24(19-21(23)5)28(9-3,10-4)25-13-14-26(29)22(6)20-25/h11-15,18-20,29-30H,7-10,16-17H2,1-6H3/b18-15+. The summed E-state index contributed by atoms with van der Waals surface area (Å²) in [5, 5.41) is 20.9. The number of hydrogen-bond acceptors (Lipinski definition) is 2. The van der Waals surface area contributed by atoms with E-state index in [9.17, 15) is 10.2 Å². The Hall–Kier alpha value is -2.06. The van der Waals surface area contributed by atoms with E-state index in [2.05, 4.69) is 71.0 Å². The summed E-state index contributed by atoms with van der Waals surface area (Å²) in [5.74, 6) is 0.350. The summed E-state index contributed by atoms with van der Waals surface area (Å²) < 4.78 is 0. The zero-order valence-electron chi connectivity index (χ0n) is 19.8. The average Bonchev–Trinajstić information content (AvgIpc) is 2.71. The second-order valence-electron chi connectivity index (χ2n) is 8.80. The molecule has 0 amide bonds. The molecule has 2 aromatic carbocycles. The van der Waals surface area contributed by atoms with E-state index >= 15 is 0 Å². The minimum atomic E-state index is -0.714. The number of hydrogen-bond donors (Lipinski definition) is 2. The van der Waals surface area contributed by atoms with Crippen molar-refractivity contribution in [3.8, 4) is 5.75 Å². The van der Waals surface area contributed by atoms with E-state index in [0.29, 0.717) is 5.75 Å². The van der Waals surface area contributed by atoms with E-state index in [1.807, 2.05) is 19.1 Å². The molecular formula is C28H40O2. The first kappa shape index (κ1) is 24.2.